The lowest BCUT2D eigenvalue weighted by molar-refractivity contribution is 0.294. The molecule has 2 N–H and O–H groups in total. The second-order valence-electron chi connectivity index (χ2n) is 4.02. The fraction of sp³-hybridized carbons (Fsp3) is 0.267. The maximum Gasteiger partial charge on any atom is 0.128 e. The molecule has 0 saturated heterocycles. The first-order valence-electron chi connectivity index (χ1n) is 6.38. The van der Waals surface area contributed by atoms with Crippen LogP contribution in [0.15, 0.2) is 41.5 Å². The van der Waals surface area contributed by atoms with Gasteiger partial charge in [0.2, 0.25) is 0 Å². The molecule has 0 saturated carbocycles. The maximum absolute atomic E-state index is 8.71. The van der Waals surface area contributed by atoms with Crippen LogP contribution in [-0.4, -0.2) is 31.1 Å². The van der Waals surface area contributed by atoms with Gasteiger partial charge in [-0.2, -0.15) is 5.10 Å². The predicted molar refractivity (Wildman–Crippen MR) is 77.8 cm³/mol. The highest BCUT2D eigenvalue weighted by atomic mass is 16.5. The Balaban J connectivity index is 2.40. The van der Waals surface area contributed by atoms with Gasteiger partial charge in [-0.05, 0) is 23.8 Å². The number of benzene rings is 2. The van der Waals surface area contributed by atoms with Gasteiger partial charge in [0.1, 0.15) is 5.75 Å². The molecule has 100 valence electrons. The summed E-state index contributed by atoms with van der Waals surface area (Å²) >= 11 is 0. The molecule has 0 radical (unpaired) electrons. The van der Waals surface area contributed by atoms with Crippen LogP contribution in [-0.2, 0) is 0 Å². The molecular weight excluding hydrogens is 240 g/mol. The highest BCUT2D eigenvalue weighted by Gasteiger charge is 2.06. The van der Waals surface area contributed by atoms with E-state index in [0.29, 0.717) is 13.2 Å². The molecule has 4 heteroatoms. The number of fused-ring (bicyclic) bond motifs is 1. The van der Waals surface area contributed by atoms with Crippen molar-refractivity contribution < 1.29 is 9.84 Å². The first-order chi connectivity index (χ1) is 9.36. The number of rotatable bonds is 6. The van der Waals surface area contributed by atoms with E-state index in [9.17, 15) is 0 Å². The maximum atomic E-state index is 8.71. The number of aliphatic hydroxyl groups is 1. The zero-order chi connectivity index (χ0) is 13.5. The van der Waals surface area contributed by atoms with Crippen LogP contribution in [0.4, 0.5) is 0 Å². The van der Waals surface area contributed by atoms with Crippen LogP contribution >= 0.6 is 0 Å². The molecule has 2 rings (SSSR count). The lowest BCUT2D eigenvalue weighted by atomic mass is 10.0. The second-order valence-corrected chi connectivity index (χ2v) is 4.02. The summed E-state index contributed by atoms with van der Waals surface area (Å²) in [7, 11) is 0. The molecule has 0 aliphatic heterocycles. The Kier molecular flexibility index (Phi) is 4.75. The average Bonchev–Trinajstić information content (AvgIpc) is 2.45. The van der Waals surface area contributed by atoms with Crippen molar-refractivity contribution >= 4 is 17.0 Å². The van der Waals surface area contributed by atoms with Crippen molar-refractivity contribution in [3.05, 3.63) is 42.0 Å². The summed E-state index contributed by atoms with van der Waals surface area (Å²) in [6.07, 6.45) is 1.74. The van der Waals surface area contributed by atoms with Gasteiger partial charge in [-0.25, -0.2) is 0 Å². The van der Waals surface area contributed by atoms with E-state index in [1.807, 2.05) is 37.3 Å². The fourth-order valence-electron chi connectivity index (χ4n) is 1.91. The van der Waals surface area contributed by atoms with Crippen LogP contribution in [0.3, 0.4) is 0 Å². The minimum absolute atomic E-state index is 0.0607. The number of hydrogen-bond donors (Lipinski definition) is 2. The molecule has 0 spiro atoms. The smallest absolute Gasteiger partial charge is 0.128 e. The highest BCUT2D eigenvalue weighted by molar-refractivity contribution is 6.02. The van der Waals surface area contributed by atoms with Crippen LogP contribution in [0.1, 0.15) is 12.5 Å². The first kappa shape index (κ1) is 13.4. The topological polar surface area (TPSA) is 53.8 Å². The summed E-state index contributed by atoms with van der Waals surface area (Å²) in [5.41, 5.74) is 3.73. The van der Waals surface area contributed by atoms with Gasteiger partial charge in [0.15, 0.2) is 0 Å². The van der Waals surface area contributed by atoms with Crippen molar-refractivity contribution in [3.63, 3.8) is 0 Å². The minimum atomic E-state index is 0.0607. The van der Waals surface area contributed by atoms with Crippen LogP contribution in [0.5, 0.6) is 5.75 Å². The van der Waals surface area contributed by atoms with Crippen LogP contribution in [0, 0.1) is 0 Å². The normalized spacial score (nSPS) is 11.1. The molecule has 0 bridgehead atoms. The van der Waals surface area contributed by atoms with Crippen molar-refractivity contribution in [2.24, 2.45) is 5.10 Å². The number of ether oxygens (including phenoxy) is 1. The van der Waals surface area contributed by atoms with Crippen molar-refractivity contribution in [2.75, 3.05) is 19.8 Å². The lowest BCUT2D eigenvalue weighted by Crippen LogP contribution is -2.11. The van der Waals surface area contributed by atoms with E-state index in [4.69, 9.17) is 9.84 Å². The number of nitrogens with zero attached hydrogens (tertiary/aromatic N) is 1. The quantitative estimate of drug-likeness (QED) is 0.474. The third-order valence-electron chi connectivity index (χ3n) is 2.74. The van der Waals surface area contributed by atoms with Crippen LogP contribution < -0.4 is 10.2 Å². The number of hydrogen-bond acceptors (Lipinski definition) is 4. The standard InChI is InChI=1S/C15H18N2O2/c1-2-19-15-8-7-12-5-3-4-6-13(12)14(15)11-17-16-9-10-18/h3-8,11,16,18H,2,9-10H2,1H3/b17-11+. The first-order valence-corrected chi connectivity index (χ1v) is 6.38. The van der Waals surface area contributed by atoms with E-state index in [1.54, 1.807) is 6.21 Å². The van der Waals surface area contributed by atoms with Gasteiger partial charge in [0.25, 0.3) is 0 Å². The molecule has 0 heterocycles. The van der Waals surface area contributed by atoms with Gasteiger partial charge >= 0.3 is 0 Å². The third kappa shape index (κ3) is 3.23. The fourth-order valence-corrected chi connectivity index (χ4v) is 1.91. The zero-order valence-electron chi connectivity index (χ0n) is 11.0. The van der Waals surface area contributed by atoms with E-state index < -0.39 is 0 Å². The van der Waals surface area contributed by atoms with Gasteiger partial charge in [-0.3, -0.25) is 0 Å². The Morgan fingerprint density at radius 1 is 1.26 bits per heavy atom. The summed E-state index contributed by atoms with van der Waals surface area (Å²) < 4.78 is 5.63. The molecular formula is C15H18N2O2. The van der Waals surface area contributed by atoms with Crippen molar-refractivity contribution in [1.29, 1.82) is 0 Å². The van der Waals surface area contributed by atoms with Crippen LogP contribution in [0.25, 0.3) is 10.8 Å². The largest absolute Gasteiger partial charge is 0.493 e. The Morgan fingerprint density at radius 2 is 2.11 bits per heavy atom. The Hall–Kier alpha value is -2.07. The Morgan fingerprint density at radius 3 is 2.89 bits per heavy atom. The second kappa shape index (κ2) is 6.75. The van der Waals surface area contributed by atoms with Crippen molar-refractivity contribution in [1.82, 2.24) is 5.43 Å². The molecule has 0 fully saturated rings. The predicted octanol–water partition coefficient (Wildman–Crippen LogP) is 2.15. The number of nitrogens with one attached hydrogen (secondary N) is 1. The number of hydrazone groups is 1. The molecule has 0 amide bonds. The Bertz CT molecular complexity index is 567. The monoisotopic (exact) mass is 258 g/mol. The van der Waals surface area contributed by atoms with Gasteiger partial charge in [0, 0.05) is 5.56 Å². The summed E-state index contributed by atoms with van der Waals surface area (Å²) in [6, 6.07) is 12.1. The van der Waals surface area contributed by atoms with E-state index in [-0.39, 0.29) is 6.61 Å². The number of aliphatic hydroxyl groups excluding tert-OH is 1. The van der Waals surface area contributed by atoms with Gasteiger partial charge < -0.3 is 15.3 Å². The minimum Gasteiger partial charge on any atom is -0.493 e. The summed E-state index contributed by atoms with van der Waals surface area (Å²) in [6.45, 7) is 3.07. The van der Waals surface area contributed by atoms with Crippen LogP contribution in [0.2, 0.25) is 0 Å². The molecule has 19 heavy (non-hydrogen) atoms. The zero-order valence-corrected chi connectivity index (χ0v) is 11.0. The van der Waals surface area contributed by atoms with E-state index >= 15 is 0 Å². The third-order valence-corrected chi connectivity index (χ3v) is 2.74. The van der Waals surface area contributed by atoms with E-state index in [1.165, 1.54) is 0 Å². The highest BCUT2D eigenvalue weighted by Crippen LogP contribution is 2.26. The molecule has 0 aromatic heterocycles. The van der Waals surface area contributed by atoms with Gasteiger partial charge in [-0.15, -0.1) is 0 Å². The molecule has 0 unspecified atom stereocenters. The van der Waals surface area contributed by atoms with E-state index in [2.05, 4.69) is 16.6 Å². The molecule has 4 nitrogen and oxygen atoms in total. The summed E-state index contributed by atoms with van der Waals surface area (Å²) in [5.74, 6) is 0.816. The molecule has 0 aliphatic carbocycles. The molecule has 0 aliphatic rings. The van der Waals surface area contributed by atoms with Gasteiger partial charge in [0.05, 0.1) is 26.0 Å². The van der Waals surface area contributed by atoms with Gasteiger partial charge in [-0.1, -0.05) is 30.3 Å². The van der Waals surface area contributed by atoms with Crippen molar-refractivity contribution in [3.8, 4) is 5.75 Å². The van der Waals surface area contributed by atoms with E-state index in [0.717, 1.165) is 22.1 Å². The summed E-state index contributed by atoms with van der Waals surface area (Å²) in [5, 5.41) is 15.1. The molecule has 2 aromatic rings. The Labute approximate surface area is 112 Å². The lowest BCUT2D eigenvalue weighted by Gasteiger charge is -2.10. The average molecular weight is 258 g/mol. The SMILES string of the molecule is CCOc1ccc2ccccc2c1/C=N/NCCO. The molecule has 0 atom stereocenters. The summed E-state index contributed by atoms with van der Waals surface area (Å²) in [4.78, 5) is 0. The van der Waals surface area contributed by atoms with Crippen molar-refractivity contribution in [2.45, 2.75) is 6.92 Å². The molecule has 2 aromatic carbocycles.